The normalized spacial score (nSPS) is 25.7. The summed E-state index contributed by atoms with van der Waals surface area (Å²) < 4.78 is 5.72. The van der Waals surface area contributed by atoms with Crippen molar-refractivity contribution in [3.63, 3.8) is 0 Å². The highest BCUT2D eigenvalue weighted by molar-refractivity contribution is 5.85. The van der Waals surface area contributed by atoms with Gasteiger partial charge in [0.25, 0.3) is 0 Å². The molecule has 1 heterocycles. The van der Waals surface area contributed by atoms with E-state index in [9.17, 15) is 0 Å². The summed E-state index contributed by atoms with van der Waals surface area (Å²) in [5, 5.41) is 3.39. The van der Waals surface area contributed by atoms with Gasteiger partial charge in [-0.2, -0.15) is 0 Å². The Morgan fingerprint density at radius 3 is 2.80 bits per heavy atom. The summed E-state index contributed by atoms with van der Waals surface area (Å²) >= 11 is 0. The number of nitrogens with one attached hydrogen (secondary N) is 1. The van der Waals surface area contributed by atoms with E-state index in [2.05, 4.69) is 43.4 Å². The van der Waals surface area contributed by atoms with Crippen LogP contribution in [0.5, 0.6) is 0 Å². The zero-order chi connectivity index (χ0) is 9.97. The van der Waals surface area contributed by atoms with Crippen molar-refractivity contribution in [2.75, 3.05) is 13.2 Å². The van der Waals surface area contributed by atoms with Gasteiger partial charge in [0.05, 0.1) is 6.61 Å². The predicted molar refractivity (Wildman–Crippen MR) is 64.3 cm³/mol. The van der Waals surface area contributed by atoms with Crippen LogP contribution in [-0.4, -0.2) is 13.2 Å². The summed E-state index contributed by atoms with van der Waals surface area (Å²) in [6, 6.07) is 8.47. The van der Waals surface area contributed by atoms with E-state index < -0.39 is 0 Å². The Labute approximate surface area is 97.4 Å². The van der Waals surface area contributed by atoms with E-state index in [0.29, 0.717) is 5.92 Å². The van der Waals surface area contributed by atoms with E-state index in [1.807, 2.05) is 0 Å². The predicted octanol–water partition coefficient (Wildman–Crippen LogP) is 2.67. The summed E-state index contributed by atoms with van der Waals surface area (Å²) in [7, 11) is 0. The van der Waals surface area contributed by atoms with Crippen molar-refractivity contribution in [2.24, 2.45) is 5.92 Å². The van der Waals surface area contributed by atoms with Gasteiger partial charge in [0, 0.05) is 6.54 Å². The van der Waals surface area contributed by atoms with Crippen LogP contribution in [0.25, 0.3) is 0 Å². The van der Waals surface area contributed by atoms with Gasteiger partial charge in [-0.1, -0.05) is 36.8 Å². The van der Waals surface area contributed by atoms with Gasteiger partial charge in [0.15, 0.2) is 0 Å². The van der Waals surface area contributed by atoms with E-state index >= 15 is 0 Å². The standard InChI is InChI=1S/C12H17NO.ClH/c1-9-4-3-5-11(6-9)12-13-7-10(2)8-14-12;/h3-6,10,12-13H,7-8H2,1-2H3;1H. The number of rotatable bonds is 1. The lowest BCUT2D eigenvalue weighted by Gasteiger charge is -2.28. The van der Waals surface area contributed by atoms with E-state index in [1.54, 1.807) is 0 Å². The molecule has 2 rings (SSSR count). The maximum absolute atomic E-state index is 5.72. The molecule has 1 aliphatic heterocycles. The fraction of sp³-hybridized carbons (Fsp3) is 0.500. The minimum atomic E-state index is 0. The van der Waals surface area contributed by atoms with Gasteiger partial charge >= 0.3 is 0 Å². The van der Waals surface area contributed by atoms with E-state index in [4.69, 9.17) is 4.74 Å². The van der Waals surface area contributed by atoms with Gasteiger partial charge in [0.2, 0.25) is 0 Å². The van der Waals surface area contributed by atoms with E-state index in [0.717, 1.165) is 13.2 Å². The van der Waals surface area contributed by atoms with Crippen LogP contribution >= 0.6 is 12.4 Å². The molecule has 1 aromatic carbocycles. The molecule has 3 heteroatoms. The average molecular weight is 228 g/mol. The van der Waals surface area contributed by atoms with Crippen LogP contribution in [0.4, 0.5) is 0 Å². The topological polar surface area (TPSA) is 21.3 Å². The second kappa shape index (κ2) is 5.50. The van der Waals surface area contributed by atoms with Gasteiger partial charge < -0.3 is 4.74 Å². The SMILES string of the molecule is Cc1cccc(C2NCC(C)CO2)c1.Cl. The highest BCUT2D eigenvalue weighted by Crippen LogP contribution is 2.20. The molecule has 1 N–H and O–H groups in total. The van der Waals surface area contributed by atoms with E-state index in [-0.39, 0.29) is 18.6 Å². The fourth-order valence-electron chi connectivity index (χ4n) is 1.73. The van der Waals surface area contributed by atoms with Gasteiger partial charge in [0.1, 0.15) is 6.23 Å². The zero-order valence-electron chi connectivity index (χ0n) is 9.19. The second-order valence-electron chi connectivity index (χ2n) is 4.14. The third-order valence-corrected chi connectivity index (χ3v) is 2.54. The lowest BCUT2D eigenvalue weighted by molar-refractivity contribution is -0.0254. The molecule has 1 fully saturated rings. The number of hydrogen-bond acceptors (Lipinski definition) is 2. The zero-order valence-corrected chi connectivity index (χ0v) is 10.0. The Kier molecular flexibility index (Phi) is 4.58. The number of halogens is 1. The van der Waals surface area contributed by atoms with Crippen LogP contribution in [0, 0.1) is 12.8 Å². The third-order valence-electron chi connectivity index (χ3n) is 2.54. The van der Waals surface area contributed by atoms with Gasteiger partial charge in [-0.3, -0.25) is 5.32 Å². The molecule has 2 unspecified atom stereocenters. The molecule has 1 saturated heterocycles. The molecule has 0 aromatic heterocycles. The van der Waals surface area contributed by atoms with Crippen molar-refractivity contribution in [1.29, 1.82) is 0 Å². The lowest BCUT2D eigenvalue weighted by atomic mass is 10.1. The molecule has 1 aliphatic rings. The van der Waals surface area contributed by atoms with Crippen molar-refractivity contribution in [2.45, 2.75) is 20.1 Å². The summed E-state index contributed by atoms with van der Waals surface area (Å²) in [4.78, 5) is 0. The molecule has 0 bridgehead atoms. The molecule has 0 aliphatic carbocycles. The molecule has 0 amide bonds. The maximum Gasteiger partial charge on any atom is 0.134 e. The van der Waals surface area contributed by atoms with Crippen molar-refractivity contribution in [3.05, 3.63) is 35.4 Å². The first-order chi connectivity index (χ1) is 6.75. The average Bonchev–Trinajstić information content (AvgIpc) is 2.19. The molecule has 84 valence electrons. The Bertz CT molecular complexity index is 308. The van der Waals surface area contributed by atoms with Crippen LogP contribution in [0.15, 0.2) is 24.3 Å². The number of ether oxygens (including phenoxy) is 1. The lowest BCUT2D eigenvalue weighted by Crippen LogP contribution is -2.36. The molecule has 0 saturated carbocycles. The van der Waals surface area contributed by atoms with Gasteiger partial charge in [-0.05, 0) is 18.4 Å². The number of hydrogen-bond donors (Lipinski definition) is 1. The number of aryl methyl sites for hydroxylation is 1. The van der Waals surface area contributed by atoms with Gasteiger partial charge in [-0.25, -0.2) is 0 Å². The molecule has 15 heavy (non-hydrogen) atoms. The monoisotopic (exact) mass is 227 g/mol. The molecule has 2 nitrogen and oxygen atoms in total. The molecular formula is C12H18ClNO. The Morgan fingerprint density at radius 1 is 1.40 bits per heavy atom. The van der Waals surface area contributed by atoms with Crippen LogP contribution in [0.2, 0.25) is 0 Å². The summed E-state index contributed by atoms with van der Waals surface area (Å²) in [5.41, 5.74) is 2.52. The maximum atomic E-state index is 5.72. The summed E-state index contributed by atoms with van der Waals surface area (Å²) in [5.74, 6) is 0.621. The highest BCUT2D eigenvalue weighted by Gasteiger charge is 2.18. The molecule has 2 atom stereocenters. The quantitative estimate of drug-likeness (QED) is 0.797. The summed E-state index contributed by atoms with van der Waals surface area (Å²) in [6.07, 6.45) is 0.0890. The highest BCUT2D eigenvalue weighted by atomic mass is 35.5. The Morgan fingerprint density at radius 2 is 2.20 bits per heavy atom. The van der Waals surface area contributed by atoms with Crippen LogP contribution in [0.1, 0.15) is 24.3 Å². The fourth-order valence-corrected chi connectivity index (χ4v) is 1.73. The first-order valence-electron chi connectivity index (χ1n) is 5.17. The number of benzene rings is 1. The Balaban J connectivity index is 0.00000112. The third kappa shape index (κ3) is 3.20. The summed E-state index contributed by atoms with van der Waals surface area (Å²) in [6.45, 7) is 6.19. The molecular weight excluding hydrogens is 210 g/mol. The van der Waals surface area contributed by atoms with E-state index in [1.165, 1.54) is 11.1 Å². The molecule has 0 radical (unpaired) electrons. The van der Waals surface area contributed by atoms with Crippen molar-refractivity contribution in [3.8, 4) is 0 Å². The largest absolute Gasteiger partial charge is 0.359 e. The first-order valence-corrected chi connectivity index (χ1v) is 5.17. The minimum absolute atomic E-state index is 0. The smallest absolute Gasteiger partial charge is 0.134 e. The van der Waals surface area contributed by atoms with Crippen LogP contribution in [-0.2, 0) is 4.74 Å². The molecule has 0 spiro atoms. The van der Waals surface area contributed by atoms with Crippen molar-refractivity contribution >= 4 is 12.4 Å². The van der Waals surface area contributed by atoms with Crippen LogP contribution < -0.4 is 5.32 Å². The minimum Gasteiger partial charge on any atom is -0.359 e. The second-order valence-corrected chi connectivity index (χ2v) is 4.14. The van der Waals surface area contributed by atoms with Gasteiger partial charge in [-0.15, -0.1) is 12.4 Å². The van der Waals surface area contributed by atoms with Crippen molar-refractivity contribution < 1.29 is 4.74 Å². The Hall–Kier alpha value is -0.570. The first kappa shape index (κ1) is 12.5. The van der Waals surface area contributed by atoms with Crippen molar-refractivity contribution in [1.82, 2.24) is 5.32 Å². The van der Waals surface area contributed by atoms with Crippen LogP contribution in [0.3, 0.4) is 0 Å². The molecule has 1 aromatic rings.